The molecule has 0 unspecified atom stereocenters. The molecule has 0 spiro atoms. The molecular formula is C30H32Cl3N3O5S. The molecular weight excluding hydrogens is 621 g/mol. The van der Waals surface area contributed by atoms with Crippen LogP contribution in [0, 0.1) is 0 Å². The first-order valence-electron chi connectivity index (χ1n) is 13.5. The van der Waals surface area contributed by atoms with E-state index in [-0.39, 0.29) is 39.8 Å². The summed E-state index contributed by atoms with van der Waals surface area (Å²) in [5, 5.41) is 3.93. The Hall–Kier alpha value is -2.98. The highest BCUT2D eigenvalue weighted by Gasteiger charge is 2.34. The van der Waals surface area contributed by atoms with Crippen LogP contribution in [0.1, 0.15) is 38.2 Å². The van der Waals surface area contributed by atoms with E-state index in [2.05, 4.69) is 5.32 Å². The highest BCUT2D eigenvalue weighted by Crippen LogP contribution is 2.35. The van der Waals surface area contributed by atoms with Gasteiger partial charge in [-0.15, -0.1) is 0 Å². The number of amides is 2. The van der Waals surface area contributed by atoms with Crippen LogP contribution in [0.2, 0.25) is 15.1 Å². The summed E-state index contributed by atoms with van der Waals surface area (Å²) in [6.07, 6.45) is 3.80. The van der Waals surface area contributed by atoms with Crippen molar-refractivity contribution in [1.29, 1.82) is 0 Å². The number of nitrogens with zero attached hydrogens (tertiary/aromatic N) is 2. The van der Waals surface area contributed by atoms with Gasteiger partial charge in [0.25, 0.3) is 10.0 Å². The van der Waals surface area contributed by atoms with Gasteiger partial charge in [0.15, 0.2) is 0 Å². The van der Waals surface area contributed by atoms with Crippen molar-refractivity contribution in [1.82, 2.24) is 10.2 Å². The summed E-state index contributed by atoms with van der Waals surface area (Å²) in [7, 11) is -2.88. The number of anilines is 1. The van der Waals surface area contributed by atoms with Gasteiger partial charge in [0.1, 0.15) is 18.3 Å². The highest BCUT2D eigenvalue weighted by atomic mass is 35.5. The molecule has 1 atom stereocenters. The van der Waals surface area contributed by atoms with Crippen molar-refractivity contribution >= 4 is 62.3 Å². The number of rotatable bonds is 11. The molecule has 8 nitrogen and oxygen atoms in total. The Morgan fingerprint density at radius 1 is 0.976 bits per heavy atom. The Balaban J connectivity index is 1.74. The number of hydrogen-bond donors (Lipinski definition) is 1. The molecule has 1 fully saturated rings. The van der Waals surface area contributed by atoms with Crippen LogP contribution < -0.4 is 14.4 Å². The number of methoxy groups -OCH3 is 1. The number of ether oxygens (including phenoxy) is 1. The predicted octanol–water partition coefficient (Wildman–Crippen LogP) is 6.33. The number of hydrogen-bond acceptors (Lipinski definition) is 5. The average Bonchev–Trinajstić information content (AvgIpc) is 3.49. The van der Waals surface area contributed by atoms with Crippen molar-refractivity contribution in [3.05, 3.63) is 87.4 Å². The monoisotopic (exact) mass is 651 g/mol. The van der Waals surface area contributed by atoms with Crippen LogP contribution in [-0.2, 0) is 26.2 Å². The van der Waals surface area contributed by atoms with Gasteiger partial charge in [-0.05, 0) is 67.8 Å². The Labute approximate surface area is 261 Å². The quantitative estimate of drug-likeness (QED) is 0.261. The summed E-state index contributed by atoms with van der Waals surface area (Å²) in [5.41, 5.74) is 0.704. The Morgan fingerprint density at radius 3 is 2.31 bits per heavy atom. The fraction of sp³-hybridized carbons (Fsp3) is 0.333. The fourth-order valence-electron chi connectivity index (χ4n) is 4.90. The number of carbonyl (C=O) groups is 2. The second kappa shape index (κ2) is 14.0. The number of carbonyl (C=O) groups excluding carboxylic acids is 2. The minimum Gasteiger partial charge on any atom is -0.495 e. The van der Waals surface area contributed by atoms with Crippen LogP contribution >= 0.6 is 34.8 Å². The third-order valence-corrected chi connectivity index (χ3v) is 9.97. The standard InChI is InChI=1S/C30H32Cl3N3O5S/c1-20(30(38)34-23-8-6-7-9-23)35(18-21-12-14-25(32)26(33)16-21)29(37)19-36(27-17-22(31)13-15-28(27)41-2)42(39,40)24-10-4-3-5-11-24/h3-5,10-17,20,23H,6-9,18-19H2,1-2H3,(H,34,38)/t20-/m0/s1. The van der Waals surface area contributed by atoms with E-state index in [1.165, 1.54) is 36.3 Å². The minimum absolute atomic E-state index is 0.0130. The number of nitrogens with one attached hydrogen (secondary N) is 1. The fourth-order valence-corrected chi connectivity index (χ4v) is 6.82. The molecule has 2 amide bonds. The number of sulfonamides is 1. The van der Waals surface area contributed by atoms with Gasteiger partial charge in [0.2, 0.25) is 11.8 Å². The molecule has 0 bridgehead atoms. The molecule has 224 valence electrons. The van der Waals surface area contributed by atoms with Crippen molar-refractivity contribution in [2.45, 2.75) is 56.1 Å². The van der Waals surface area contributed by atoms with Gasteiger partial charge in [-0.25, -0.2) is 8.42 Å². The van der Waals surface area contributed by atoms with E-state index in [1.807, 2.05) is 0 Å². The summed E-state index contributed by atoms with van der Waals surface area (Å²) in [4.78, 5) is 28.8. The lowest BCUT2D eigenvalue weighted by Crippen LogP contribution is -2.52. The lowest BCUT2D eigenvalue weighted by atomic mass is 10.1. The maximum atomic E-state index is 14.1. The Bertz CT molecular complexity index is 1530. The zero-order chi connectivity index (χ0) is 30.4. The van der Waals surface area contributed by atoms with Gasteiger partial charge in [-0.3, -0.25) is 13.9 Å². The SMILES string of the molecule is COc1ccc(Cl)cc1N(CC(=O)N(Cc1ccc(Cl)c(Cl)c1)[C@@H](C)C(=O)NC1CCCC1)S(=O)(=O)c1ccccc1. The van der Waals surface area contributed by atoms with Crippen molar-refractivity contribution in [2.24, 2.45) is 0 Å². The normalized spacial score (nSPS) is 14.3. The third-order valence-electron chi connectivity index (χ3n) is 7.23. The largest absolute Gasteiger partial charge is 0.495 e. The molecule has 0 radical (unpaired) electrons. The molecule has 0 aromatic heterocycles. The first-order chi connectivity index (χ1) is 20.0. The summed E-state index contributed by atoms with van der Waals surface area (Å²) in [6.45, 7) is 0.979. The second-order valence-corrected chi connectivity index (χ2v) is 13.2. The zero-order valence-electron chi connectivity index (χ0n) is 23.2. The summed E-state index contributed by atoms with van der Waals surface area (Å²) in [5.74, 6) is -0.737. The van der Waals surface area contributed by atoms with Crippen molar-refractivity contribution in [2.75, 3.05) is 18.0 Å². The summed E-state index contributed by atoms with van der Waals surface area (Å²) < 4.78 is 34.4. The molecule has 1 saturated carbocycles. The van der Waals surface area contributed by atoms with E-state index >= 15 is 0 Å². The van der Waals surface area contributed by atoms with Crippen LogP contribution in [0.3, 0.4) is 0 Å². The number of halogens is 3. The van der Waals surface area contributed by atoms with Crippen LogP contribution in [0.4, 0.5) is 5.69 Å². The lowest BCUT2D eigenvalue weighted by Gasteiger charge is -2.33. The smallest absolute Gasteiger partial charge is 0.264 e. The lowest BCUT2D eigenvalue weighted by molar-refractivity contribution is -0.139. The van der Waals surface area contributed by atoms with Gasteiger partial charge in [0, 0.05) is 17.6 Å². The van der Waals surface area contributed by atoms with Crippen LogP contribution in [0.5, 0.6) is 5.75 Å². The van der Waals surface area contributed by atoms with E-state index in [0.29, 0.717) is 15.6 Å². The van der Waals surface area contributed by atoms with Gasteiger partial charge >= 0.3 is 0 Å². The predicted molar refractivity (Wildman–Crippen MR) is 166 cm³/mol. The van der Waals surface area contributed by atoms with Crippen LogP contribution in [-0.4, -0.2) is 50.9 Å². The van der Waals surface area contributed by atoms with Gasteiger partial charge in [0.05, 0.1) is 27.7 Å². The van der Waals surface area contributed by atoms with Crippen molar-refractivity contribution < 1.29 is 22.7 Å². The van der Waals surface area contributed by atoms with Crippen molar-refractivity contribution in [3.63, 3.8) is 0 Å². The molecule has 3 aromatic rings. The Morgan fingerprint density at radius 2 is 1.67 bits per heavy atom. The maximum absolute atomic E-state index is 14.1. The topological polar surface area (TPSA) is 96.0 Å². The number of benzene rings is 3. The summed E-state index contributed by atoms with van der Waals surface area (Å²) >= 11 is 18.6. The van der Waals surface area contributed by atoms with Crippen LogP contribution in [0.25, 0.3) is 0 Å². The molecule has 3 aromatic carbocycles. The molecule has 42 heavy (non-hydrogen) atoms. The highest BCUT2D eigenvalue weighted by molar-refractivity contribution is 7.92. The van der Waals surface area contributed by atoms with Crippen LogP contribution in [0.15, 0.2) is 71.6 Å². The summed E-state index contributed by atoms with van der Waals surface area (Å²) in [6, 6.07) is 16.3. The molecule has 0 heterocycles. The van der Waals surface area contributed by atoms with E-state index < -0.39 is 28.5 Å². The third kappa shape index (κ3) is 7.50. The van der Waals surface area contributed by atoms with E-state index in [0.717, 1.165) is 30.0 Å². The van der Waals surface area contributed by atoms with Gasteiger partial charge in [-0.2, -0.15) is 0 Å². The maximum Gasteiger partial charge on any atom is 0.264 e. The van der Waals surface area contributed by atoms with E-state index in [9.17, 15) is 18.0 Å². The average molecular weight is 653 g/mol. The molecule has 0 aliphatic heterocycles. The first kappa shape index (κ1) is 31.9. The Kier molecular flexibility index (Phi) is 10.6. The molecule has 0 saturated heterocycles. The zero-order valence-corrected chi connectivity index (χ0v) is 26.3. The first-order valence-corrected chi connectivity index (χ1v) is 16.0. The van der Waals surface area contributed by atoms with Crippen molar-refractivity contribution in [3.8, 4) is 5.75 Å². The molecule has 1 N–H and O–H groups in total. The van der Waals surface area contributed by atoms with Gasteiger partial charge < -0.3 is 15.0 Å². The molecule has 1 aliphatic carbocycles. The molecule has 1 aliphatic rings. The second-order valence-electron chi connectivity index (χ2n) is 10.1. The minimum atomic E-state index is -4.27. The molecule has 12 heteroatoms. The van der Waals surface area contributed by atoms with E-state index in [1.54, 1.807) is 49.4 Å². The van der Waals surface area contributed by atoms with Gasteiger partial charge in [-0.1, -0.05) is 71.9 Å². The van der Waals surface area contributed by atoms with E-state index in [4.69, 9.17) is 39.5 Å². The molecule has 4 rings (SSSR count).